The van der Waals surface area contributed by atoms with E-state index in [-0.39, 0.29) is 24.3 Å². The van der Waals surface area contributed by atoms with E-state index >= 15 is 0 Å². The Kier molecular flexibility index (Phi) is 9.83. The maximum absolute atomic E-state index is 13.5. The van der Waals surface area contributed by atoms with Gasteiger partial charge in [-0.2, -0.15) is 5.09 Å². The number of rotatable bonds is 11. The van der Waals surface area contributed by atoms with Crippen molar-refractivity contribution in [3.8, 4) is 5.75 Å². The molecule has 2 aromatic rings. The Morgan fingerprint density at radius 1 is 1.39 bits per heavy atom. The molecule has 3 N–H and O–H groups in total. The number of para-hydroxylation sites is 1. The van der Waals surface area contributed by atoms with Gasteiger partial charge in [0.1, 0.15) is 24.1 Å². The minimum Gasteiger partial charge on any atom is -0.465 e. The van der Waals surface area contributed by atoms with Crippen molar-refractivity contribution in [2.45, 2.75) is 44.7 Å². The van der Waals surface area contributed by atoms with Gasteiger partial charge in [-0.25, -0.2) is 9.36 Å². The predicted molar refractivity (Wildman–Crippen MR) is 134 cm³/mol. The van der Waals surface area contributed by atoms with Crippen LogP contribution in [0.25, 0.3) is 6.08 Å². The van der Waals surface area contributed by atoms with Gasteiger partial charge in [0.15, 0.2) is 0 Å². The lowest BCUT2D eigenvalue weighted by Crippen LogP contribution is -2.36. The van der Waals surface area contributed by atoms with Gasteiger partial charge in [-0.3, -0.25) is 23.7 Å². The number of carbonyl (C=O) groups excluding carboxylic acids is 1. The Morgan fingerprint density at radius 3 is 2.78 bits per heavy atom. The van der Waals surface area contributed by atoms with E-state index in [0.29, 0.717) is 0 Å². The third-order valence-electron chi connectivity index (χ3n) is 5.12. The number of aliphatic hydroxyl groups excluding tert-OH is 1. The summed E-state index contributed by atoms with van der Waals surface area (Å²) in [6.45, 7) is 2.83. The molecular formula is C22H27BrN3O9P. The van der Waals surface area contributed by atoms with Crippen molar-refractivity contribution >= 4 is 35.7 Å². The molecule has 3 rings (SSSR count). The minimum absolute atomic E-state index is 0.00788. The molecule has 36 heavy (non-hydrogen) atoms. The second kappa shape index (κ2) is 12.6. The lowest BCUT2D eigenvalue weighted by atomic mass is 10.2. The molecular weight excluding hydrogens is 561 g/mol. The third kappa shape index (κ3) is 7.25. The Bertz CT molecular complexity index is 1230. The number of hydrogen-bond acceptors (Lipinski definition) is 9. The van der Waals surface area contributed by atoms with Gasteiger partial charge in [0, 0.05) is 12.6 Å². The summed E-state index contributed by atoms with van der Waals surface area (Å²) in [4.78, 5) is 40.0. The zero-order valence-corrected chi connectivity index (χ0v) is 22.0. The summed E-state index contributed by atoms with van der Waals surface area (Å²) in [5, 5.41) is 13.1. The van der Waals surface area contributed by atoms with Gasteiger partial charge in [-0.1, -0.05) is 34.1 Å². The fourth-order valence-corrected chi connectivity index (χ4v) is 5.16. The standard InChI is InChI=1S/C22H27BrN3O9P/c1-3-32-21(29)14(2)25-36(31,35-16-7-5-4-6-8-16)33-13-18-17(27)11-19(34-18)26-12-15(9-10-23)20(28)24-22(26)30/h4-10,12,14,17-19,27H,3,11,13H2,1-2H3,(H,25,31)(H,24,28,30)/t14-,17?,18+,19+,36?/m0/s1. The van der Waals surface area contributed by atoms with Gasteiger partial charge < -0.3 is 19.1 Å². The molecule has 0 spiro atoms. The first-order valence-corrected chi connectivity index (χ1v) is 13.5. The normalized spacial score (nSPS) is 22.3. The Morgan fingerprint density at radius 2 is 2.11 bits per heavy atom. The summed E-state index contributed by atoms with van der Waals surface area (Å²) < 4.78 is 36.5. The van der Waals surface area contributed by atoms with Crippen LogP contribution >= 0.6 is 23.7 Å². The maximum Gasteiger partial charge on any atom is 0.459 e. The van der Waals surface area contributed by atoms with Crippen molar-refractivity contribution in [1.29, 1.82) is 0 Å². The van der Waals surface area contributed by atoms with E-state index in [1.165, 1.54) is 24.2 Å². The van der Waals surface area contributed by atoms with Crippen LogP contribution in [0.5, 0.6) is 5.75 Å². The number of carbonyl (C=O) groups is 1. The van der Waals surface area contributed by atoms with Crippen LogP contribution in [0.1, 0.15) is 32.1 Å². The van der Waals surface area contributed by atoms with Crippen molar-refractivity contribution < 1.29 is 33.0 Å². The van der Waals surface area contributed by atoms with E-state index in [4.69, 9.17) is 18.5 Å². The van der Waals surface area contributed by atoms with Gasteiger partial charge in [0.25, 0.3) is 5.56 Å². The molecule has 2 heterocycles. The topological polar surface area (TPSA) is 158 Å². The number of nitrogens with zero attached hydrogens (tertiary/aromatic N) is 1. The second-order valence-electron chi connectivity index (χ2n) is 7.78. The molecule has 1 aromatic carbocycles. The molecule has 12 nitrogen and oxygen atoms in total. The van der Waals surface area contributed by atoms with Crippen molar-refractivity contribution in [1.82, 2.24) is 14.6 Å². The lowest BCUT2D eigenvalue weighted by molar-refractivity contribution is -0.144. The smallest absolute Gasteiger partial charge is 0.459 e. The fourth-order valence-electron chi connectivity index (χ4n) is 3.38. The number of nitrogens with one attached hydrogen (secondary N) is 2. The molecule has 5 atom stereocenters. The number of H-pyrrole nitrogens is 1. The number of aromatic nitrogens is 2. The first-order chi connectivity index (χ1) is 17.2. The summed E-state index contributed by atoms with van der Waals surface area (Å²) in [5.74, 6) is -0.427. The minimum atomic E-state index is -4.15. The monoisotopic (exact) mass is 587 g/mol. The fraction of sp³-hybridized carbons (Fsp3) is 0.409. The number of halogens is 1. The molecule has 196 valence electrons. The average Bonchev–Trinajstić information content (AvgIpc) is 3.20. The molecule has 1 aliphatic rings. The quantitative estimate of drug-likeness (QED) is 0.263. The maximum atomic E-state index is 13.5. The van der Waals surface area contributed by atoms with Crippen molar-refractivity contribution in [2.75, 3.05) is 13.2 Å². The Labute approximate surface area is 214 Å². The van der Waals surface area contributed by atoms with Gasteiger partial charge in [0.2, 0.25) is 0 Å². The molecule has 1 aromatic heterocycles. The number of hydrogen-bond donors (Lipinski definition) is 3. The van der Waals surface area contributed by atoms with Crippen molar-refractivity contribution in [3.05, 3.63) is 67.9 Å². The van der Waals surface area contributed by atoms with E-state index < -0.39 is 56.0 Å². The first-order valence-electron chi connectivity index (χ1n) is 11.0. The van der Waals surface area contributed by atoms with Gasteiger partial charge in [-0.05, 0) is 37.0 Å². The van der Waals surface area contributed by atoms with Gasteiger partial charge in [-0.15, -0.1) is 0 Å². The van der Waals surface area contributed by atoms with Crippen LogP contribution in [0.4, 0.5) is 0 Å². The van der Waals surface area contributed by atoms with Crippen molar-refractivity contribution in [2.24, 2.45) is 0 Å². The van der Waals surface area contributed by atoms with E-state index in [1.807, 2.05) is 0 Å². The van der Waals surface area contributed by atoms with Crippen LogP contribution in [0.3, 0.4) is 0 Å². The zero-order chi connectivity index (χ0) is 26.3. The molecule has 2 unspecified atom stereocenters. The third-order valence-corrected chi connectivity index (χ3v) is 7.03. The SMILES string of the molecule is CCOC(=O)[C@H](C)NP(=O)(OC[C@H]1O[C@@H](n2cc(C=CBr)c(=O)[nH]c2=O)CC1O)Oc1ccccc1. The number of esters is 1. The van der Waals surface area contributed by atoms with E-state index in [1.54, 1.807) is 37.3 Å². The summed E-state index contributed by atoms with van der Waals surface area (Å²) in [6.07, 6.45) is -0.220. The summed E-state index contributed by atoms with van der Waals surface area (Å²) in [7, 11) is -4.15. The highest BCUT2D eigenvalue weighted by atomic mass is 79.9. The highest BCUT2D eigenvalue weighted by Gasteiger charge is 2.39. The van der Waals surface area contributed by atoms with Gasteiger partial charge >= 0.3 is 19.4 Å². The lowest BCUT2D eigenvalue weighted by Gasteiger charge is -2.24. The highest BCUT2D eigenvalue weighted by molar-refractivity contribution is 9.11. The number of aliphatic hydroxyl groups is 1. The van der Waals surface area contributed by atoms with E-state index in [9.17, 15) is 24.1 Å². The molecule has 0 bridgehead atoms. The number of ether oxygens (including phenoxy) is 2. The summed E-state index contributed by atoms with van der Waals surface area (Å²) in [6, 6.07) is 7.18. The van der Waals surface area contributed by atoms with Crippen LogP contribution in [0.2, 0.25) is 0 Å². The van der Waals surface area contributed by atoms with Crippen LogP contribution < -0.4 is 20.9 Å². The second-order valence-corrected chi connectivity index (χ2v) is 10.00. The molecule has 1 aliphatic heterocycles. The summed E-state index contributed by atoms with van der Waals surface area (Å²) >= 11 is 3.08. The molecule has 1 saturated heterocycles. The molecule has 0 radical (unpaired) electrons. The summed E-state index contributed by atoms with van der Waals surface area (Å²) in [5.41, 5.74) is -1.10. The molecule has 0 amide bonds. The first kappa shape index (κ1) is 28.0. The Hall–Kier alpha value is -2.54. The van der Waals surface area contributed by atoms with Crippen LogP contribution in [0.15, 0.2) is 51.1 Å². The zero-order valence-electron chi connectivity index (χ0n) is 19.5. The highest BCUT2D eigenvalue weighted by Crippen LogP contribution is 2.45. The van der Waals surface area contributed by atoms with Gasteiger partial charge in [0.05, 0.1) is 24.9 Å². The molecule has 1 fully saturated rings. The molecule has 0 saturated carbocycles. The van der Waals surface area contributed by atoms with Crippen molar-refractivity contribution in [3.63, 3.8) is 0 Å². The van der Waals surface area contributed by atoms with Crippen LogP contribution in [-0.2, 0) is 23.4 Å². The van der Waals surface area contributed by atoms with Crippen LogP contribution in [-0.4, -0.2) is 52.1 Å². The molecule has 14 heteroatoms. The molecule has 0 aliphatic carbocycles. The largest absolute Gasteiger partial charge is 0.465 e. The Balaban J connectivity index is 1.75. The van der Waals surface area contributed by atoms with E-state index in [0.717, 1.165) is 4.57 Å². The average molecular weight is 588 g/mol. The number of aromatic amines is 1. The predicted octanol–water partition coefficient (Wildman–Crippen LogP) is 2.30. The van der Waals surface area contributed by atoms with E-state index in [2.05, 4.69) is 26.0 Å². The number of benzene rings is 1. The van der Waals surface area contributed by atoms with Crippen LogP contribution in [0, 0.1) is 0 Å².